The van der Waals surface area contributed by atoms with Gasteiger partial charge < -0.3 is 9.84 Å². The molecule has 0 aliphatic rings. The van der Waals surface area contributed by atoms with Crippen molar-refractivity contribution in [2.45, 2.75) is 19.6 Å². The lowest BCUT2D eigenvalue weighted by atomic mass is 10.1. The minimum atomic E-state index is -0.868. The van der Waals surface area contributed by atoms with E-state index in [1.807, 2.05) is 0 Å². The summed E-state index contributed by atoms with van der Waals surface area (Å²) in [6.07, 6.45) is 0.525. The summed E-state index contributed by atoms with van der Waals surface area (Å²) in [6, 6.07) is 5.51. The van der Waals surface area contributed by atoms with Gasteiger partial charge in [0.1, 0.15) is 5.82 Å². The number of nitrogens with zero attached hydrogens (tertiary/aromatic N) is 3. The van der Waals surface area contributed by atoms with E-state index in [0.717, 1.165) is 0 Å². The molecule has 0 aliphatic carbocycles. The Kier molecular flexibility index (Phi) is 4.41. The van der Waals surface area contributed by atoms with Gasteiger partial charge in [-0.2, -0.15) is 0 Å². The summed E-state index contributed by atoms with van der Waals surface area (Å²) in [5.41, 5.74) is 0.637. The predicted molar refractivity (Wildman–Crippen MR) is 67.3 cm³/mol. The van der Waals surface area contributed by atoms with Gasteiger partial charge in [-0.1, -0.05) is 17.3 Å². The molecule has 20 heavy (non-hydrogen) atoms. The average molecular weight is 279 g/mol. The van der Waals surface area contributed by atoms with Crippen LogP contribution in [-0.2, 0) is 11.3 Å². The van der Waals surface area contributed by atoms with Crippen LogP contribution in [-0.4, -0.2) is 32.7 Å². The van der Waals surface area contributed by atoms with E-state index in [2.05, 4.69) is 10.3 Å². The number of hydrogen-bond donors (Lipinski definition) is 1. The zero-order valence-electron chi connectivity index (χ0n) is 10.9. The van der Waals surface area contributed by atoms with Crippen LogP contribution in [0.4, 0.5) is 4.39 Å². The lowest BCUT2D eigenvalue weighted by Crippen LogP contribution is -2.09. The average Bonchev–Trinajstić information content (AvgIpc) is 2.88. The third-order valence-corrected chi connectivity index (χ3v) is 2.64. The second kappa shape index (κ2) is 6.25. The van der Waals surface area contributed by atoms with Crippen molar-refractivity contribution in [2.24, 2.45) is 0 Å². The number of esters is 1. The molecule has 0 saturated heterocycles. The highest BCUT2D eigenvalue weighted by atomic mass is 19.1. The number of benzene rings is 1. The van der Waals surface area contributed by atoms with E-state index in [-0.39, 0.29) is 24.7 Å². The van der Waals surface area contributed by atoms with E-state index in [1.165, 1.54) is 35.1 Å². The van der Waals surface area contributed by atoms with Crippen molar-refractivity contribution in [1.29, 1.82) is 0 Å². The van der Waals surface area contributed by atoms with Crippen molar-refractivity contribution >= 4 is 5.97 Å². The normalized spacial score (nSPS) is 12.2. The van der Waals surface area contributed by atoms with Gasteiger partial charge in [0.15, 0.2) is 5.69 Å². The van der Waals surface area contributed by atoms with Gasteiger partial charge in [-0.3, -0.25) is 0 Å². The van der Waals surface area contributed by atoms with Crippen LogP contribution in [0.2, 0.25) is 0 Å². The monoisotopic (exact) mass is 279 g/mol. The number of halogens is 1. The van der Waals surface area contributed by atoms with Crippen LogP contribution >= 0.6 is 0 Å². The quantitative estimate of drug-likeness (QED) is 0.835. The Bertz CT molecular complexity index is 583. The van der Waals surface area contributed by atoms with Gasteiger partial charge in [-0.05, 0) is 24.6 Å². The molecule has 0 saturated carbocycles. The van der Waals surface area contributed by atoms with Crippen molar-refractivity contribution in [2.75, 3.05) is 6.61 Å². The van der Waals surface area contributed by atoms with Crippen molar-refractivity contribution in [3.8, 4) is 0 Å². The molecule has 6 nitrogen and oxygen atoms in total. The number of aliphatic hydroxyl groups excluding tert-OH is 1. The first kappa shape index (κ1) is 14.1. The van der Waals surface area contributed by atoms with Crippen LogP contribution in [0.1, 0.15) is 29.1 Å². The first-order valence-electron chi connectivity index (χ1n) is 6.11. The second-order valence-corrected chi connectivity index (χ2v) is 4.11. The number of carbonyl (C=O) groups is 1. The van der Waals surface area contributed by atoms with Gasteiger partial charge in [-0.25, -0.2) is 13.9 Å². The maximum atomic E-state index is 12.8. The number of aromatic nitrogens is 3. The summed E-state index contributed by atoms with van der Waals surface area (Å²) in [5.74, 6) is -0.929. The molecule has 0 amide bonds. The predicted octanol–water partition coefficient (Wildman–Crippen LogP) is 1.33. The Labute approximate surface area is 114 Å². The zero-order valence-corrected chi connectivity index (χ0v) is 10.9. The summed E-state index contributed by atoms with van der Waals surface area (Å²) in [6.45, 7) is 2.06. The van der Waals surface area contributed by atoms with E-state index in [0.29, 0.717) is 5.56 Å². The molecule has 1 aromatic carbocycles. The SMILES string of the molecule is CCOC(=O)c1cn(C[C@@H](O)c2ccc(F)cc2)nn1. The Hall–Kier alpha value is -2.28. The van der Waals surface area contributed by atoms with Gasteiger partial charge >= 0.3 is 5.97 Å². The molecule has 1 aromatic heterocycles. The molecule has 2 aromatic rings. The summed E-state index contributed by atoms with van der Waals surface area (Å²) in [5, 5.41) is 17.4. The third kappa shape index (κ3) is 3.39. The van der Waals surface area contributed by atoms with Crippen molar-refractivity contribution in [3.63, 3.8) is 0 Å². The van der Waals surface area contributed by atoms with E-state index in [4.69, 9.17) is 4.74 Å². The first-order chi connectivity index (χ1) is 9.60. The molecule has 0 aliphatic heterocycles. The standard InChI is InChI=1S/C13H14FN3O3/c1-2-20-13(19)11-7-17(16-15-11)8-12(18)9-3-5-10(14)6-4-9/h3-7,12,18H,2,8H2,1H3/t12-/m1/s1. The largest absolute Gasteiger partial charge is 0.461 e. The summed E-state index contributed by atoms with van der Waals surface area (Å²) < 4.78 is 18.9. The molecule has 0 fully saturated rings. The summed E-state index contributed by atoms with van der Waals surface area (Å²) >= 11 is 0. The van der Waals surface area contributed by atoms with Gasteiger partial charge in [0.25, 0.3) is 0 Å². The van der Waals surface area contributed by atoms with E-state index in [1.54, 1.807) is 6.92 Å². The molecule has 0 spiro atoms. The topological polar surface area (TPSA) is 77.2 Å². The van der Waals surface area contributed by atoms with Crippen molar-refractivity contribution < 1.29 is 19.0 Å². The maximum absolute atomic E-state index is 12.8. The summed E-state index contributed by atoms with van der Waals surface area (Å²) in [7, 11) is 0. The molecule has 7 heteroatoms. The number of aliphatic hydroxyl groups is 1. The summed E-state index contributed by atoms with van der Waals surface area (Å²) in [4.78, 5) is 11.4. The highest BCUT2D eigenvalue weighted by Crippen LogP contribution is 2.15. The van der Waals surface area contributed by atoms with Crippen molar-refractivity contribution in [3.05, 3.63) is 47.5 Å². The van der Waals surface area contributed by atoms with Gasteiger partial charge in [0.05, 0.1) is 25.5 Å². The minimum Gasteiger partial charge on any atom is -0.461 e. The third-order valence-electron chi connectivity index (χ3n) is 2.64. The maximum Gasteiger partial charge on any atom is 0.360 e. The fourth-order valence-corrected chi connectivity index (χ4v) is 1.65. The number of carbonyl (C=O) groups excluding carboxylic acids is 1. The van der Waals surface area contributed by atoms with Crippen LogP contribution < -0.4 is 0 Å². The van der Waals surface area contributed by atoms with Crippen LogP contribution in [0.3, 0.4) is 0 Å². The van der Waals surface area contributed by atoms with Gasteiger partial charge in [-0.15, -0.1) is 5.10 Å². The molecule has 1 N–H and O–H groups in total. The Morgan fingerprint density at radius 3 is 2.80 bits per heavy atom. The Morgan fingerprint density at radius 2 is 2.15 bits per heavy atom. The van der Waals surface area contributed by atoms with E-state index in [9.17, 15) is 14.3 Å². The minimum absolute atomic E-state index is 0.0816. The zero-order chi connectivity index (χ0) is 14.5. The highest BCUT2D eigenvalue weighted by Gasteiger charge is 2.14. The smallest absolute Gasteiger partial charge is 0.360 e. The first-order valence-corrected chi connectivity index (χ1v) is 6.11. The van der Waals surface area contributed by atoms with E-state index < -0.39 is 12.1 Å². The molecule has 2 rings (SSSR count). The van der Waals surface area contributed by atoms with Crippen LogP contribution in [0, 0.1) is 5.82 Å². The molecule has 0 unspecified atom stereocenters. The van der Waals surface area contributed by atoms with Gasteiger partial charge in [0.2, 0.25) is 0 Å². The van der Waals surface area contributed by atoms with Gasteiger partial charge in [0, 0.05) is 0 Å². The fourth-order valence-electron chi connectivity index (χ4n) is 1.65. The number of ether oxygens (including phenoxy) is 1. The van der Waals surface area contributed by atoms with Crippen LogP contribution in [0.5, 0.6) is 0 Å². The fraction of sp³-hybridized carbons (Fsp3) is 0.308. The lowest BCUT2D eigenvalue weighted by molar-refractivity contribution is 0.0519. The van der Waals surface area contributed by atoms with Crippen molar-refractivity contribution in [1.82, 2.24) is 15.0 Å². The molecule has 0 radical (unpaired) electrons. The Morgan fingerprint density at radius 1 is 1.45 bits per heavy atom. The molecule has 1 atom stereocenters. The van der Waals surface area contributed by atoms with Crippen LogP contribution in [0.25, 0.3) is 0 Å². The molecular weight excluding hydrogens is 265 g/mol. The van der Waals surface area contributed by atoms with Crippen LogP contribution in [0.15, 0.2) is 30.5 Å². The second-order valence-electron chi connectivity index (χ2n) is 4.11. The molecular formula is C13H14FN3O3. The molecule has 106 valence electrons. The number of hydrogen-bond acceptors (Lipinski definition) is 5. The lowest BCUT2D eigenvalue weighted by Gasteiger charge is -2.10. The molecule has 1 heterocycles. The highest BCUT2D eigenvalue weighted by molar-refractivity contribution is 5.86. The number of rotatable bonds is 5. The molecule has 0 bridgehead atoms. The Balaban J connectivity index is 2.03. The van der Waals surface area contributed by atoms with E-state index >= 15 is 0 Å².